The molecule has 0 saturated carbocycles. The first kappa shape index (κ1) is 28.9. The summed E-state index contributed by atoms with van der Waals surface area (Å²) in [6, 6.07) is 14.1. The summed E-state index contributed by atoms with van der Waals surface area (Å²) >= 11 is 6.21. The third-order valence-corrected chi connectivity index (χ3v) is 8.12. The van der Waals surface area contributed by atoms with Gasteiger partial charge in [-0.05, 0) is 48.4 Å². The molecular formula is C31H26ClF2N5O4. The van der Waals surface area contributed by atoms with Crippen LogP contribution in [0, 0.1) is 17.1 Å². The molecule has 12 heteroatoms. The third kappa shape index (κ3) is 4.86. The molecule has 2 aliphatic heterocycles. The monoisotopic (exact) mass is 605 g/mol. The van der Waals surface area contributed by atoms with Gasteiger partial charge in [-0.1, -0.05) is 23.7 Å². The van der Waals surface area contributed by atoms with Crippen molar-refractivity contribution in [2.75, 3.05) is 19.9 Å². The molecule has 4 heterocycles. The van der Waals surface area contributed by atoms with Crippen molar-refractivity contribution in [2.24, 2.45) is 7.05 Å². The number of alkyl halides is 1. The minimum absolute atomic E-state index is 0.0866. The Hall–Kier alpha value is -4.21. The Morgan fingerprint density at radius 3 is 2.63 bits per heavy atom. The fourth-order valence-corrected chi connectivity index (χ4v) is 5.81. The van der Waals surface area contributed by atoms with Crippen LogP contribution in [-0.4, -0.2) is 56.7 Å². The lowest BCUT2D eigenvalue weighted by Crippen LogP contribution is -2.49. The van der Waals surface area contributed by atoms with E-state index in [1.807, 2.05) is 6.07 Å². The molecular weight excluding hydrogens is 580 g/mol. The van der Waals surface area contributed by atoms with Gasteiger partial charge in [0, 0.05) is 42.2 Å². The third-order valence-electron chi connectivity index (χ3n) is 7.87. The SMILES string of the molecule is Cn1cc(C(O)(CF)c2cc(F)c3c(c2)C(=O)N(Cc2ccc(C#N)cn2)[C@@]3(O[C@H]2CCOC2)c2ccc(Cl)cc2)cn1. The lowest BCUT2D eigenvalue weighted by atomic mass is 9.85. The summed E-state index contributed by atoms with van der Waals surface area (Å²) in [6.07, 6.45) is 4.10. The number of aryl methyl sites for hydroxylation is 1. The minimum atomic E-state index is -2.27. The Labute approximate surface area is 250 Å². The number of nitrogens with zero attached hydrogens (tertiary/aromatic N) is 5. The summed E-state index contributed by atoms with van der Waals surface area (Å²) in [7, 11) is 1.61. The Balaban J connectivity index is 1.58. The van der Waals surface area contributed by atoms with Gasteiger partial charge in [-0.3, -0.25) is 19.4 Å². The maximum absolute atomic E-state index is 16.6. The van der Waals surface area contributed by atoms with Gasteiger partial charge in [-0.25, -0.2) is 8.78 Å². The highest BCUT2D eigenvalue weighted by atomic mass is 35.5. The Morgan fingerprint density at radius 1 is 1.23 bits per heavy atom. The molecule has 1 saturated heterocycles. The molecule has 2 aromatic carbocycles. The molecule has 6 rings (SSSR count). The molecule has 0 spiro atoms. The van der Waals surface area contributed by atoms with Gasteiger partial charge < -0.3 is 14.6 Å². The van der Waals surface area contributed by atoms with E-state index >= 15 is 4.39 Å². The molecule has 0 radical (unpaired) electrons. The van der Waals surface area contributed by atoms with Gasteiger partial charge >= 0.3 is 0 Å². The topological polar surface area (TPSA) is 114 Å². The average molecular weight is 606 g/mol. The van der Waals surface area contributed by atoms with Crippen LogP contribution >= 0.6 is 11.6 Å². The Bertz CT molecular complexity index is 1720. The zero-order valence-electron chi connectivity index (χ0n) is 23.0. The van der Waals surface area contributed by atoms with E-state index in [1.54, 1.807) is 43.4 Å². The van der Waals surface area contributed by atoms with E-state index in [-0.39, 0.29) is 35.4 Å². The van der Waals surface area contributed by atoms with Gasteiger partial charge in [0.1, 0.15) is 24.2 Å². The first-order chi connectivity index (χ1) is 20.7. The molecule has 220 valence electrons. The summed E-state index contributed by atoms with van der Waals surface area (Å²) < 4.78 is 44.8. The number of carbonyl (C=O) groups excluding carboxylic acids is 1. The summed E-state index contributed by atoms with van der Waals surface area (Å²) in [5.41, 5.74) is -3.13. The molecule has 0 bridgehead atoms. The van der Waals surface area contributed by atoms with Crippen LogP contribution in [0.25, 0.3) is 0 Å². The number of hydrogen-bond acceptors (Lipinski definition) is 7. The number of benzene rings is 2. The van der Waals surface area contributed by atoms with E-state index in [2.05, 4.69) is 10.1 Å². The molecule has 4 aromatic rings. The number of aliphatic hydroxyl groups is 1. The van der Waals surface area contributed by atoms with Crippen LogP contribution in [0.1, 0.15) is 50.3 Å². The fourth-order valence-electron chi connectivity index (χ4n) is 5.68. The van der Waals surface area contributed by atoms with E-state index in [1.165, 1.54) is 34.2 Å². The molecule has 43 heavy (non-hydrogen) atoms. The van der Waals surface area contributed by atoms with Crippen molar-refractivity contribution in [1.29, 1.82) is 5.26 Å². The number of rotatable bonds is 8. The van der Waals surface area contributed by atoms with Crippen molar-refractivity contribution in [3.8, 4) is 6.07 Å². The molecule has 1 amide bonds. The summed E-state index contributed by atoms with van der Waals surface area (Å²) in [6.45, 7) is -0.762. The molecule has 2 aliphatic rings. The van der Waals surface area contributed by atoms with Crippen molar-refractivity contribution < 1.29 is 28.2 Å². The van der Waals surface area contributed by atoms with Crippen molar-refractivity contribution >= 4 is 17.5 Å². The first-order valence-corrected chi connectivity index (χ1v) is 13.9. The number of amides is 1. The largest absolute Gasteiger partial charge is 0.379 e. The predicted molar refractivity (Wildman–Crippen MR) is 150 cm³/mol. The smallest absolute Gasteiger partial charge is 0.257 e. The second-order valence-corrected chi connectivity index (χ2v) is 11.0. The lowest BCUT2D eigenvalue weighted by Gasteiger charge is -2.41. The van der Waals surface area contributed by atoms with Gasteiger partial charge in [-0.15, -0.1) is 0 Å². The van der Waals surface area contributed by atoms with Crippen LogP contribution in [0.3, 0.4) is 0 Å². The van der Waals surface area contributed by atoms with Crippen LogP contribution in [-0.2, 0) is 34.4 Å². The van der Waals surface area contributed by atoms with Crippen LogP contribution in [0.2, 0.25) is 5.02 Å². The predicted octanol–water partition coefficient (Wildman–Crippen LogP) is 4.35. The molecule has 9 nitrogen and oxygen atoms in total. The maximum Gasteiger partial charge on any atom is 0.257 e. The van der Waals surface area contributed by atoms with Crippen LogP contribution in [0.5, 0.6) is 0 Å². The number of carbonyl (C=O) groups is 1. The number of halogens is 3. The van der Waals surface area contributed by atoms with Crippen LogP contribution < -0.4 is 0 Å². The van der Waals surface area contributed by atoms with E-state index in [9.17, 15) is 19.6 Å². The van der Waals surface area contributed by atoms with Gasteiger partial charge in [0.05, 0.1) is 47.8 Å². The zero-order valence-corrected chi connectivity index (χ0v) is 23.8. The molecule has 0 aliphatic carbocycles. The number of ether oxygens (including phenoxy) is 2. The van der Waals surface area contributed by atoms with Crippen molar-refractivity contribution in [3.05, 3.63) is 117 Å². The van der Waals surface area contributed by atoms with Crippen LogP contribution in [0.15, 0.2) is 67.1 Å². The Morgan fingerprint density at radius 2 is 2.02 bits per heavy atom. The molecule has 3 atom stereocenters. The molecule has 1 fully saturated rings. The molecule has 1 N–H and O–H groups in total. The number of fused-ring (bicyclic) bond motifs is 1. The lowest BCUT2D eigenvalue weighted by molar-refractivity contribution is -0.148. The average Bonchev–Trinajstić information content (AvgIpc) is 3.75. The highest BCUT2D eigenvalue weighted by Gasteiger charge is 2.56. The van der Waals surface area contributed by atoms with Gasteiger partial charge in [0.25, 0.3) is 5.91 Å². The summed E-state index contributed by atoms with van der Waals surface area (Å²) in [5.74, 6) is -1.50. The quantitative estimate of drug-likeness (QED) is 0.318. The van der Waals surface area contributed by atoms with E-state index in [4.69, 9.17) is 21.1 Å². The number of pyridine rings is 1. The van der Waals surface area contributed by atoms with Crippen LogP contribution in [0.4, 0.5) is 8.78 Å². The highest BCUT2D eigenvalue weighted by Crippen LogP contribution is 2.50. The van der Waals surface area contributed by atoms with Crippen molar-refractivity contribution in [1.82, 2.24) is 19.7 Å². The van der Waals surface area contributed by atoms with E-state index in [0.717, 1.165) is 6.07 Å². The highest BCUT2D eigenvalue weighted by molar-refractivity contribution is 6.30. The second kappa shape index (κ2) is 11.1. The van der Waals surface area contributed by atoms with Gasteiger partial charge in [-0.2, -0.15) is 10.4 Å². The standard InChI is InChI=1S/C31H26ClF2N5O4/c1-38-15-22(14-37-38)30(41,18-33)21-10-26-28(27(34)11-21)31(43-25-8-9-42-17-25,20-3-5-23(32)6-4-20)39(29(26)40)16-24-7-2-19(12-35)13-36-24/h2-7,10-11,13-15,25,41H,8-9,16-18H2,1H3/t25-,30?,31+/m0/s1. The zero-order chi connectivity index (χ0) is 30.4. The summed E-state index contributed by atoms with van der Waals surface area (Å²) in [4.78, 5) is 20.1. The van der Waals surface area contributed by atoms with Crippen molar-refractivity contribution in [2.45, 2.75) is 30.4 Å². The normalized spacial score (nSPS) is 21.1. The van der Waals surface area contributed by atoms with E-state index < -0.39 is 35.8 Å². The Kier molecular flexibility index (Phi) is 7.48. The maximum atomic E-state index is 16.6. The fraction of sp³-hybridized carbons (Fsp3) is 0.290. The molecule has 1 unspecified atom stereocenters. The van der Waals surface area contributed by atoms with E-state index in [0.29, 0.717) is 34.9 Å². The number of hydrogen-bond donors (Lipinski definition) is 1. The number of aromatic nitrogens is 3. The first-order valence-electron chi connectivity index (χ1n) is 13.5. The minimum Gasteiger partial charge on any atom is -0.379 e. The summed E-state index contributed by atoms with van der Waals surface area (Å²) in [5, 5.41) is 25.1. The van der Waals surface area contributed by atoms with Gasteiger partial charge in [0.2, 0.25) is 5.72 Å². The van der Waals surface area contributed by atoms with Crippen molar-refractivity contribution in [3.63, 3.8) is 0 Å². The molecule has 2 aromatic heterocycles. The second-order valence-electron chi connectivity index (χ2n) is 10.6. The number of nitriles is 1. The van der Waals surface area contributed by atoms with Gasteiger partial charge in [0.15, 0.2) is 0 Å².